The maximum Gasteiger partial charge on any atom is 0.245 e. The highest BCUT2D eigenvalue weighted by Gasteiger charge is 2.48. The van der Waals surface area contributed by atoms with Gasteiger partial charge in [0.25, 0.3) is 0 Å². The van der Waals surface area contributed by atoms with Gasteiger partial charge in [-0.3, -0.25) is 19.4 Å². The van der Waals surface area contributed by atoms with Crippen molar-refractivity contribution in [3.63, 3.8) is 0 Å². The fraction of sp³-hybridized carbons (Fsp3) is 0.500. The lowest BCUT2D eigenvalue weighted by Gasteiger charge is -2.53. The molecule has 2 aliphatic heterocycles. The van der Waals surface area contributed by atoms with Crippen LogP contribution in [0.15, 0.2) is 18.2 Å². The number of piperazine rings is 1. The van der Waals surface area contributed by atoms with E-state index >= 15 is 0 Å². The number of nitrogens with zero attached hydrogens (tertiary/aromatic N) is 4. The zero-order valence-corrected chi connectivity index (χ0v) is 16.8. The van der Waals surface area contributed by atoms with Crippen molar-refractivity contribution in [2.75, 3.05) is 20.1 Å². The number of benzene rings is 1. The first-order chi connectivity index (χ1) is 12.9. The molecule has 0 aliphatic carbocycles. The predicted molar refractivity (Wildman–Crippen MR) is 102 cm³/mol. The van der Waals surface area contributed by atoms with Crippen LogP contribution in [0.2, 0.25) is 10.0 Å². The molecule has 0 N–H and O–H groups in total. The summed E-state index contributed by atoms with van der Waals surface area (Å²) < 4.78 is 0. The van der Waals surface area contributed by atoms with E-state index in [1.165, 1.54) is 5.01 Å². The summed E-state index contributed by atoms with van der Waals surface area (Å²) in [5.41, 5.74) is 0.770. The average molecular weight is 413 g/mol. The highest BCUT2D eigenvalue weighted by molar-refractivity contribution is 6.35. The van der Waals surface area contributed by atoms with Crippen molar-refractivity contribution in [1.29, 1.82) is 0 Å². The molecule has 0 spiro atoms. The Balaban J connectivity index is 1.92. The number of rotatable bonds is 5. The van der Waals surface area contributed by atoms with E-state index in [9.17, 15) is 14.4 Å². The van der Waals surface area contributed by atoms with E-state index in [4.69, 9.17) is 23.2 Å². The summed E-state index contributed by atoms with van der Waals surface area (Å²) in [4.78, 5) is 40.6. The molecular weight excluding hydrogens is 391 g/mol. The number of likely N-dealkylation sites (N-methyl/N-ethyl adjacent to an activating group) is 1. The first-order valence-corrected chi connectivity index (χ1v) is 9.61. The molecule has 1 aromatic rings. The molecule has 1 aromatic carbocycles. The third kappa shape index (κ3) is 3.77. The number of amides is 3. The van der Waals surface area contributed by atoms with Gasteiger partial charge in [-0.25, -0.2) is 5.01 Å². The molecule has 3 rings (SSSR count). The van der Waals surface area contributed by atoms with Crippen LogP contribution in [0.5, 0.6) is 0 Å². The van der Waals surface area contributed by atoms with Gasteiger partial charge in [-0.15, -0.1) is 0 Å². The zero-order valence-electron chi connectivity index (χ0n) is 15.3. The summed E-state index contributed by atoms with van der Waals surface area (Å²) in [5.74, 6) is -0.264. The van der Waals surface area contributed by atoms with Crippen molar-refractivity contribution in [3.05, 3.63) is 33.8 Å². The predicted octanol–water partition coefficient (Wildman–Crippen LogP) is 1.98. The third-order valence-corrected chi connectivity index (χ3v) is 5.62. The Morgan fingerprint density at radius 2 is 2.00 bits per heavy atom. The van der Waals surface area contributed by atoms with Crippen molar-refractivity contribution < 1.29 is 14.4 Å². The second kappa shape index (κ2) is 8.04. The molecule has 1 unspecified atom stereocenters. The number of fused-ring (bicyclic) bond motifs is 1. The van der Waals surface area contributed by atoms with Crippen LogP contribution in [0.25, 0.3) is 0 Å². The maximum absolute atomic E-state index is 13.1. The third-order valence-electron chi connectivity index (χ3n) is 5.04. The van der Waals surface area contributed by atoms with Gasteiger partial charge in [0.05, 0.1) is 13.1 Å². The summed E-state index contributed by atoms with van der Waals surface area (Å²) in [6.07, 6.45) is 1.48. The van der Waals surface area contributed by atoms with E-state index in [-0.39, 0.29) is 24.9 Å². The number of hydrogen-bond donors (Lipinski definition) is 0. The molecule has 0 saturated carbocycles. The Hall–Kier alpha value is -1.83. The smallest absolute Gasteiger partial charge is 0.245 e. The molecule has 3 amide bonds. The van der Waals surface area contributed by atoms with Gasteiger partial charge in [0.15, 0.2) is 0 Å². The SMILES string of the molecule is CCC[C@H]1C(=O)N(Cc2ccc(Cl)cc2Cl)CC2N1C(=O)CN(C)N2C=O. The minimum absolute atomic E-state index is 0.0751. The van der Waals surface area contributed by atoms with Crippen LogP contribution in [-0.2, 0) is 20.9 Å². The fourth-order valence-electron chi connectivity index (χ4n) is 3.73. The molecule has 9 heteroatoms. The van der Waals surface area contributed by atoms with Gasteiger partial charge in [0.2, 0.25) is 18.2 Å². The van der Waals surface area contributed by atoms with E-state index in [0.29, 0.717) is 29.4 Å². The molecule has 7 nitrogen and oxygen atoms in total. The van der Waals surface area contributed by atoms with E-state index in [1.54, 1.807) is 40.1 Å². The lowest BCUT2D eigenvalue weighted by molar-refractivity contribution is -0.197. The Morgan fingerprint density at radius 1 is 1.26 bits per heavy atom. The molecule has 0 bridgehead atoms. The fourth-order valence-corrected chi connectivity index (χ4v) is 4.20. The number of hydrazine groups is 1. The van der Waals surface area contributed by atoms with Crippen molar-refractivity contribution in [1.82, 2.24) is 19.8 Å². The Morgan fingerprint density at radius 3 is 2.63 bits per heavy atom. The number of halogens is 2. The number of carbonyl (C=O) groups excluding carboxylic acids is 3. The van der Waals surface area contributed by atoms with Crippen LogP contribution in [0, 0.1) is 0 Å². The van der Waals surface area contributed by atoms with Crippen molar-refractivity contribution in [3.8, 4) is 0 Å². The summed E-state index contributed by atoms with van der Waals surface area (Å²) in [6.45, 7) is 2.57. The van der Waals surface area contributed by atoms with Crippen molar-refractivity contribution in [2.45, 2.75) is 38.5 Å². The van der Waals surface area contributed by atoms with Crippen molar-refractivity contribution in [2.24, 2.45) is 0 Å². The summed E-state index contributed by atoms with van der Waals surface area (Å²) in [7, 11) is 1.69. The average Bonchev–Trinajstić information content (AvgIpc) is 2.61. The van der Waals surface area contributed by atoms with Gasteiger partial charge in [0, 0.05) is 23.6 Å². The number of carbonyl (C=O) groups is 3. The number of hydrogen-bond acceptors (Lipinski definition) is 4. The second-order valence-corrected chi connectivity index (χ2v) is 7.69. The van der Waals surface area contributed by atoms with E-state index in [0.717, 1.165) is 12.0 Å². The molecule has 0 radical (unpaired) electrons. The second-order valence-electron chi connectivity index (χ2n) is 6.84. The van der Waals surface area contributed by atoms with E-state index in [1.807, 2.05) is 6.92 Å². The Bertz CT molecular complexity index is 760. The quantitative estimate of drug-likeness (QED) is 0.693. The molecule has 27 heavy (non-hydrogen) atoms. The van der Waals surface area contributed by atoms with Gasteiger partial charge < -0.3 is 9.80 Å². The van der Waals surface area contributed by atoms with Crippen LogP contribution in [0.1, 0.15) is 25.3 Å². The normalized spacial score (nSPS) is 23.6. The molecule has 0 aromatic heterocycles. The Labute approximate surface area is 168 Å². The molecule has 146 valence electrons. The highest BCUT2D eigenvalue weighted by Crippen LogP contribution is 2.29. The van der Waals surface area contributed by atoms with E-state index in [2.05, 4.69) is 0 Å². The van der Waals surface area contributed by atoms with Crippen LogP contribution in [0.3, 0.4) is 0 Å². The molecule has 2 atom stereocenters. The zero-order chi connectivity index (χ0) is 19.7. The van der Waals surface area contributed by atoms with Gasteiger partial charge in [-0.05, 0) is 24.1 Å². The van der Waals surface area contributed by atoms with Gasteiger partial charge in [0.1, 0.15) is 12.2 Å². The maximum atomic E-state index is 13.1. The minimum atomic E-state index is -0.580. The standard InChI is InChI=1S/C18H22Cl2N4O3/c1-3-4-15-18(27)22(8-12-5-6-13(19)7-14(12)20)9-16-23(11-25)21(2)10-17(26)24(15)16/h5-7,11,15-16H,3-4,8-10H2,1-2H3/t15-,16?/m0/s1. The largest absolute Gasteiger partial charge is 0.333 e. The molecular formula is C18H22Cl2N4O3. The van der Waals surface area contributed by atoms with Gasteiger partial charge in [-0.1, -0.05) is 42.6 Å². The van der Waals surface area contributed by atoms with Crippen LogP contribution in [0.4, 0.5) is 0 Å². The monoisotopic (exact) mass is 412 g/mol. The molecule has 2 heterocycles. The van der Waals surface area contributed by atoms with Gasteiger partial charge in [-0.2, -0.15) is 0 Å². The summed E-state index contributed by atoms with van der Waals surface area (Å²) in [5, 5.41) is 4.07. The first kappa shape index (κ1) is 19.9. The molecule has 2 aliphatic rings. The first-order valence-electron chi connectivity index (χ1n) is 8.86. The van der Waals surface area contributed by atoms with Crippen molar-refractivity contribution >= 4 is 41.4 Å². The highest BCUT2D eigenvalue weighted by atomic mass is 35.5. The van der Waals surface area contributed by atoms with Gasteiger partial charge >= 0.3 is 0 Å². The summed E-state index contributed by atoms with van der Waals surface area (Å²) in [6, 6.07) is 4.57. The topological polar surface area (TPSA) is 64.2 Å². The van der Waals surface area contributed by atoms with E-state index < -0.39 is 12.2 Å². The lowest BCUT2D eigenvalue weighted by Crippen LogP contribution is -2.73. The molecule has 2 saturated heterocycles. The molecule has 2 fully saturated rings. The summed E-state index contributed by atoms with van der Waals surface area (Å²) >= 11 is 12.2. The van der Waals surface area contributed by atoms with Crippen LogP contribution >= 0.6 is 23.2 Å². The van der Waals surface area contributed by atoms with Crippen LogP contribution < -0.4 is 0 Å². The minimum Gasteiger partial charge on any atom is -0.333 e. The lowest BCUT2D eigenvalue weighted by atomic mass is 10.0. The van der Waals surface area contributed by atoms with Crippen LogP contribution in [-0.4, -0.2) is 70.4 Å². The Kier molecular flexibility index (Phi) is 5.93.